The molecule has 1 N–H and O–H groups in total. The maximum atomic E-state index is 13.7. The monoisotopic (exact) mass is 508 g/mol. The van der Waals surface area contributed by atoms with Crippen LogP contribution in [0.25, 0.3) is 0 Å². The fourth-order valence-electron chi connectivity index (χ4n) is 7.01. The van der Waals surface area contributed by atoms with E-state index in [9.17, 15) is 14.4 Å². The lowest BCUT2D eigenvalue weighted by atomic mass is 9.68. The van der Waals surface area contributed by atoms with Gasteiger partial charge in [0.25, 0.3) is 0 Å². The van der Waals surface area contributed by atoms with Crippen LogP contribution in [0.15, 0.2) is 58.4 Å². The minimum atomic E-state index is -0.291. The molecule has 3 aromatic rings. The fourth-order valence-corrected chi connectivity index (χ4v) is 10.0. The lowest BCUT2D eigenvalue weighted by Gasteiger charge is -2.43. The van der Waals surface area contributed by atoms with Crippen LogP contribution in [0, 0.1) is 36.5 Å². The van der Waals surface area contributed by atoms with Gasteiger partial charge >= 0.3 is 4.87 Å². The number of rotatable bonds is 2. The van der Waals surface area contributed by atoms with Crippen LogP contribution in [0.3, 0.4) is 0 Å². The van der Waals surface area contributed by atoms with Crippen LogP contribution in [0.4, 0.5) is 5.69 Å². The van der Waals surface area contributed by atoms with Crippen molar-refractivity contribution in [3.05, 3.63) is 79.2 Å². The number of hydrogen-bond donors (Lipinski definition) is 1. The molecule has 34 heavy (non-hydrogen) atoms. The molecule has 3 heterocycles. The molecule has 2 amide bonds. The topological polar surface area (TPSA) is 70.2 Å². The van der Waals surface area contributed by atoms with E-state index in [-0.39, 0.29) is 57.4 Å². The van der Waals surface area contributed by atoms with E-state index < -0.39 is 0 Å². The molecule has 1 saturated heterocycles. The van der Waals surface area contributed by atoms with Crippen molar-refractivity contribution in [2.75, 3.05) is 4.90 Å². The molecular weight excluding hydrogens is 488 g/mol. The Morgan fingerprint density at radius 3 is 2.32 bits per heavy atom. The number of nitrogens with one attached hydrogen (secondary N) is 1. The van der Waals surface area contributed by atoms with E-state index in [1.165, 1.54) is 27.4 Å². The van der Waals surface area contributed by atoms with Gasteiger partial charge in [-0.1, -0.05) is 52.8 Å². The zero-order valence-electron chi connectivity index (χ0n) is 18.2. The summed E-state index contributed by atoms with van der Waals surface area (Å²) in [4.78, 5) is 45.1. The normalized spacial score (nSPS) is 33.2. The summed E-state index contributed by atoms with van der Waals surface area (Å²) in [6.45, 7) is 2.07. The predicted octanol–water partition coefficient (Wildman–Crippen LogP) is 5.08. The summed E-state index contributed by atoms with van der Waals surface area (Å²) in [5, 5.41) is 1.72. The van der Waals surface area contributed by atoms with E-state index in [1.54, 1.807) is 36.0 Å². The number of H-pyrrole nitrogens is 1. The summed E-state index contributed by atoms with van der Waals surface area (Å²) < 4.78 is 0. The zero-order chi connectivity index (χ0) is 23.3. The summed E-state index contributed by atoms with van der Waals surface area (Å²) in [7, 11) is 0. The highest BCUT2D eigenvalue weighted by molar-refractivity contribution is 8.00. The summed E-state index contributed by atoms with van der Waals surface area (Å²) in [5.41, 5.74) is 2.98. The Labute approximate surface area is 209 Å². The minimum absolute atomic E-state index is 0.0387. The highest BCUT2D eigenvalue weighted by atomic mass is 35.5. The second kappa shape index (κ2) is 7.33. The number of aryl methyl sites for hydroxylation is 1. The molecule has 172 valence electrons. The first-order valence-corrected chi connectivity index (χ1v) is 13.6. The first kappa shape index (κ1) is 21.0. The van der Waals surface area contributed by atoms with E-state index in [2.05, 4.69) is 36.2 Å². The molecule has 4 aliphatic rings. The van der Waals surface area contributed by atoms with Gasteiger partial charge in [0.2, 0.25) is 11.8 Å². The Balaban J connectivity index is 1.32. The number of hydrogen-bond acceptors (Lipinski definition) is 5. The number of halogens is 1. The molecule has 2 bridgehead atoms. The van der Waals surface area contributed by atoms with Crippen LogP contribution in [-0.4, -0.2) is 22.0 Å². The highest BCUT2D eigenvalue weighted by Crippen LogP contribution is 2.68. The van der Waals surface area contributed by atoms with Crippen molar-refractivity contribution in [1.29, 1.82) is 0 Å². The van der Waals surface area contributed by atoms with Crippen LogP contribution in [0.1, 0.15) is 28.3 Å². The Hall–Kier alpha value is -2.35. The number of amides is 2. The maximum absolute atomic E-state index is 13.7. The molecule has 0 radical (unpaired) electrons. The van der Waals surface area contributed by atoms with Gasteiger partial charge in [0.15, 0.2) is 0 Å². The molecule has 2 aliphatic carbocycles. The summed E-state index contributed by atoms with van der Waals surface area (Å²) in [6, 6.07) is 15.5. The third-order valence-corrected chi connectivity index (χ3v) is 11.1. The maximum Gasteiger partial charge on any atom is 0.305 e. The van der Waals surface area contributed by atoms with Gasteiger partial charge in [0, 0.05) is 21.1 Å². The number of thioether (sulfide) groups is 1. The number of imide groups is 1. The van der Waals surface area contributed by atoms with Gasteiger partial charge in [-0.05, 0) is 60.9 Å². The number of carbonyl (C=O) groups excluding carboxylic acids is 2. The van der Waals surface area contributed by atoms with E-state index in [1.807, 2.05) is 0 Å². The zero-order valence-corrected chi connectivity index (χ0v) is 20.6. The summed E-state index contributed by atoms with van der Waals surface area (Å²) in [6.07, 6.45) is 0.894. The Kier molecular flexibility index (Phi) is 4.52. The number of nitrogens with zero attached hydrogens (tertiary/aromatic N) is 1. The van der Waals surface area contributed by atoms with Gasteiger partial charge < -0.3 is 4.98 Å². The molecule has 7 rings (SSSR count). The summed E-state index contributed by atoms with van der Waals surface area (Å²) >= 11 is 9.05. The largest absolute Gasteiger partial charge is 0.307 e. The third-order valence-electron chi connectivity index (χ3n) is 8.25. The van der Waals surface area contributed by atoms with Gasteiger partial charge in [-0.3, -0.25) is 19.3 Å². The molecular formula is C26H21ClN2O3S2. The van der Waals surface area contributed by atoms with Crippen LogP contribution >= 0.6 is 34.7 Å². The van der Waals surface area contributed by atoms with Crippen molar-refractivity contribution in [3.8, 4) is 0 Å². The molecule has 1 aromatic heterocycles. The smallest absolute Gasteiger partial charge is 0.305 e. The van der Waals surface area contributed by atoms with Crippen LogP contribution in [-0.2, 0) is 9.59 Å². The van der Waals surface area contributed by atoms with E-state index in [0.717, 1.165) is 16.3 Å². The number of fused-ring (bicyclic) bond motifs is 9. The number of aromatic amines is 1. The molecule has 7 unspecified atom stereocenters. The lowest BCUT2D eigenvalue weighted by molar-refractivity contribution is -0.123. The number of benzene rings is 2. The van der Waals surface area contributed by atoms with Crippen molar-refractivity contribution in [1.82, 2.24) is 4.98 Å². The Morgan fingerprint density at radius 1 is 0.941 bits per heavy atom. The Bertz CT molecular complexity index is 1400. The van der Waals surface area contributed by atoms with E-state index in [4.69, 9.17) is 11.6 Å². The molecule has 2 saturated carbocycles. The van der Waals surface area contributed by atoms with Crippen LogP contribution < -0.4 is 9.77 Å². The predicted molar refractivity (Wildman–Crippen MR) is 134 cm³/mol. The van der Waals surface area contributed by atoms with Crippen LogP contribution in [0.5, 0.6) is 0 Å². The molecule has 5 nitrogen and oxygen atoms in total. The molecule has 0 spiro atoms. The van der Waals surface area contributed by atoms with Gasteiger partial charge in [-0.15, -0.1) is 11.8 Å². The average molecular weight is 509 g/mol. The summed E-state index contributed by atoms with van der Waals surface area (Å²) in [5.74, 6) is -0.202. The molecule has 7 atom stereocenters. The SMILES string of the molecule is Cc1ccc(C2c3sc(=O)[nH]c3SC3C4CC(C5C(=O)N(c6ccc(Cl)cc6)C(=O)C45)C23)cc1. The average Bonchev–Trinajstić information content (AvgIpc) is 3.54. The molecule has 8 heteroatoms. The van der Waals surface area contributed by atoms with Crippen molar-refractivity contribution in [3.63, 3.8) is 0 Å². The molecule has 2 aliphatic heterocycles. The second-order valence-electron chi connectivity index (χ2n) is 9.86. The molecule has 3 fully saturated rings. The van der Waals surface area contributed by atoms with Gasteiger partial charge in [0.1, 0.15) is 0 Å². The fraction of sp³-hybridized carbons (Fsp3) is 0.346. The van der Waals surface area contributed by atoms with Gasteiger partial charge in [0.05, 0.1) is 22.5 Å². The number of thiazole rings is 1. The Morgan fingerprint density at radius 2 is 1.62 bits per heavy atom. The number of carbonyl (C=O) groups is 2. The van der Waals surface area contributed by atoms with Crippen molar-refractivity contribution in [2.45, 2.75) is 29.5 Å². The third kappa shape index (κ3) is 2.77. The molecule has 2 aromatic carbocycles. The van der Waals surface area contributed by atoms with Crippen molar-refractivity contribution < 1.29 is 9.59 Å². The number of anilines is 1. The first-order chi connectivity index (χ1) is 16.4. The quantitative estimate of drug-likeness (QED) is 0.490. The minimum Gasteiger partial charge on any atom is -0.307 e. The van der Waals surface area contributed by atoms with Crippen molar-refractivity contribution in [2.24, 2.45) is 29.6 Å². The van der Waals surface area contributed by atoms with Crippen molar-refractivity contribution >= 4 is 52.2 Å². The van der Waals surface area contributed by atoms with E-state index >= 15 is 0 Å². The van der Waals surface area contributed by atoms with Gasteiger partial charge in [-0.25, -0.2) is 0 Å². The lowest BCUT2D eigenvalue weighted by Crippen LogP contribution is -2.42. The second-order valence-corrected chi connectivity index (χ2v) is 12.5. The van der Waals surface area contributed by atoms with E-state index in [0.29, 0.717) is 10.7 Å². The van der Waals surface area contributed by atoms with Crippen LogP contribution in [0.2, 0.25) is 5.02 Å². The standard InChI is InChI=1S/C26H21ClN2O3S2/c1-11-2-4-12(5-3-11)17-18-15-10-16(21(18)33-23-22(17)34-26(32)28-23)20-19(15)24(30)29(25(20)31)14-8-6-13(27)7-9-14/h2-9,15-21H,10H2,1H3,(H,28,32). The first-order valence-electron chi connectivity index (χ1n) is 11.5. The number of aromatic nitrogens is 1. The van der Waals surface area contributed by atoms with Gasteiger partial charge in [-0.2, -0.15) is 0 Å². The highest BCUT2D eigenvalue weighted by Gasteiger charge is 2.69.